The van der Waals surface area contributed by atoms with Gasteiger partial charge in [-0.15, -0.1) is 0 Å². The van der Waals surface area contributed by atoms with E-state index in [1.807, 2.05) is 12.1 Å². The van der Waals surface area contributed by atoms with E-state index < -0.39 is 16.4 Å². The summed E-state index contributed by atoms with van der Waals surface area (Å²) in [6.07, 6.45) is -0.595. The molecular formula is C9H8O3S. The molecule has 13 heavy (non-hydrogen) atoms. The maximum atomic E-state index is 10.7. The van der Waals surface area contributed by atoms with Crippen molar-refractivity contribution in [2.75, 3.05) is 0 Å². The van der Waals surface area contributed by atoms with Crippen LogP contribution in [0.5, 0.6) is 0 Å². The van der Waals surface area contributed by atoms with Crippen LogP contribution >= 0.6 is 0 Å². The molecule has 0 bridgehead atoms. The minimum absolute atomic E-state index is 0.168. The van der Waals surface area contributed by atoms with Crippen LogP contribution in [0.15, 0.2) is 24.3 Å². The van der Waals surface area contributed by atoms with Crippen LogP contribution in [0.1, 0.15) is 17.2 Å². The zero-order chi connectivity index (χ0) is 9.42. The third-order valence-electron chi connectivity index (χ3n) is 2.23. The molecule has 0 spiro atoms. The molecule has 0 fully saturated rings. The molecule has 1 aliphatic carbocycles. The molecule has 0 amide bonds. The summed E-state index contributed by atoms with van der Waals surface area (Å²) in [5.41, 5.74) is 1.61. The van der Waals surface area contributed by atoms with Crippen LogP contribution in [-0.2, 0) is 16.7 Å². The first-order valence-electron chi connectivity index (χ1n) is 3.91. The Labute approximate surface area is 77.2 Å². The second-order valence-electron chi connectivity index (χ2n) is 2.98. The summed E-state index contributed by atoms with van der Waals surface area (Å²) in [4.78, 5) is 0.168. The summed E-state index contributed by atoms with van der Waals surface area (Å²) in [6.45, 7) is 0. The van der Waals surface area contributed by atoms with Gasteiger partial charge in [-0.25, -0.2) is 0 Å². The maximum Gasteiger partial charge on any atom is 0.216 e. The SMILES string of the molecule is O=S(=O)=C1Cc2ccccc2C1O. The summed E-state index contributed by atoms with van der Waals surface area (Å²) in [5.74, 6) is 0. The number of rotatable bonds is 0. The Morgan fingerprint density at radius 2 is 2.00 bits per heavy atom. The summed E-state index contributed by atoms with van der Waals surface area (Å²) in [5, 5.41) is 9.58. The van der Waals surface area contributed by atoms with Gasteiger partial charge in [0.25, 0.3) is 0 Å². The molecule has 0 heterocycles. The molecule has 0 saturated carbocycles. The van der Waals surface area contributed by atoms with Gasteiger partial charge < -0.3 is 5.11 Å². The Kier molecular flexibility index (Phi) is 1.94. The highest BCUT2D eigenvalue weighted by atomic mass is 32.2. The van der Waals surface area contributed by atoms with Crippen LogP contribution in [0.25, 0.3) is 0 Å². The molecule has 0 radical (unpaired) electrons. The number of hydrogen-bond donors (Lipinski definition) is 1. The highest BCUT2D eigenvalue weighted by Crippen LogP contribution is 2.27. The van der Waals surface area contributed by atoms with E-state index in [1.165, 1.54) is 0 Å². The van der Waals surface area contributed by atoms with Gasteiger partial charge in [-0.3, -0.25) is 0 Å². The molecule has 0 saturated heterocycles. The smallest absolute Gasteiger partial charge is 0.216 e. The van der Waals surface area contributed by atoms with Gasteiger partial charge >= 0.3 is 0 Å². The predicted molar refractivity (Wildman–Crippen MR) is 49.0 cm³/mol. The highest BCUT2D eigenvalue weighted by Gasteiger charge is 2.27. The van der Waals surface area contributed by atoms with E-state index in [0.717, 1.165) is 5.56 Å². The van der Waals surface area contributed by atoms with Crippen LogP contribution in [-0.4, -0.2) is 18.4 Å². The lowest BCUT2D eigenvalue weighted by atomic mass is 10.1. The van der Waals surface area contributed by atoms with E-state index in [-0.39, 0.29) is 4.86 Å². The maximum absolute atomic E-state index is 10.7. The lowest BCUT2D eigenvalue weighted by Crippen LogP contribution is -2.06. The first-order valence-corrected chi connectivity index (χ1v) is 4.98. The monoisotopic (exact) mass is 196 g/mol. The molecule has 1 aliphatic rings. The minimum atomic E-state index is -2.28. The number of aliphatic hydroxyl groups excluding tert-OH is 1. The summed E-state index contributed by atoms with van der Waals surface area (Å²) in [7, 11) is -2.28. The molecule has 3 nitrogen and oxygen atoms in total. The van der Waals surface area contributed by atoms with E-state index >= 15 is 0 Å². The lowest BCUT2D eigenvalue weighted by molar-refractivity contribution is 0.253. The first kappa shape index (κ1) is 8.47. The van der Waals surface area contributed by atoms with Gasteiger partial charge in [0.15, 0.2) is 0 Å². The van der Waals surface area contributed by atoms with Crippen LogP contribution < -0.4 is 0 Å². The van der Waals surface area contributed by atoms with E-state index in [9.17, 15) is 13.5 Å². The highest BCUT2D eigenvalue weighted by molar-refractivity contribution is 7.73. The average molecular weight is 196 g/mol. The van der Waals surface area contributed by atoms with Gasteiger partial charge in [0.2, 0.25) is 10.3 Å². The fourth-order valence-electron chi connectivity index (χ4n) is 1.57. The quantitative estimate of drug-likeness (QED) is 0.608. The van der Waals surface area contributed by atoms with E-state index in [4.69, 9.17) is 0 Å². The molecule has 2 rings (SSSR count). The minimum Gasteiger partial charge on any atom is -0.383 e. The van der Waals surface area contributed by atoms with Gasteiger partial charge in [-0.05, 0) is 11.1 Å². The Morgan fingerprint density at radius 1 is 1.31 bits per heavy atom. The molecule has 0 aromatic heterocycles. The molecular weight excluding hydrogens is 188 g/mol. The Balaban J connectivity index is 2.63. The topological polar surface area (TPSA) is 54.4 Å². The second-order valence-corrected chi connectivity index (χ2v) is 3.97. The molecule has 1 aromatic carbocycles. The molecule has 1 N–H and O–H groups in total. The number of fused-ring (bicyclic) bond motifs is 1. The third kappa shape index (κ3) is 1.28. The number of hydrogen-bond acceptors (Lipinski definition) is 3. The van der Waals surface area contributed by atoms with Gasteiger partial charge in [0, 0.05) is 6.42 Å². The Morgan fingerprint density at radius 3 is 2.62 bits per heavy atom. The van der Waals surface area contributed by atoms with Gasteiger partial charge in [0.05, 0.1) is 4.86 Å². The molecule has 4 heteroatoms. The normalized spacial score (nSPS) is 20.1. The molecule has 1 atom stereocenters. The molecule has 1 unspecified atom stereocenters. The van der Waals surface area contributed by atoms with Crippen molar-refractivity contribution in [2.45, 2.75) is 12.5 Å². The molecule has 1 aromatic rings. The third-order valence-corrected chi connectivity index (χ3v) is 3.03. The van der Waals surface area contributed by atoms with Crippen molar-refractivity contribution in [2.24, 2.45) is 0 Å². The fourth-order valence-corrected chi connectivity index (χ4v) is 2.15. The zero-order valence-corrected chi connectivity index (χ0v) is 7.58. The van der Waals surface area contributed by atoms with Crippen molar-refractivity contribution in [1.29, 1.82) is 0 Å². The molecule has 68 valence electrons. The van der Waals surface area contributed by atoms with Crippen LogP contribution in [0.2, 0.25) is 0 Å². The van der Waals surface area contributed by atoms with E-state index in [1.54, 1.807) is 12.1 Å². The van der Waals surface area contributed by atoms with Gasteiger partial charge in [-0.2, -0.15) is 8.42 Å². The largest absolute Gasteiger partial charge is 0.383 e. The van der Waals surface area contributed by atoms with E-state index in [2.05, 4.69) is 0 Å². The standard InChI is InChI=1S/C9H8O3S/c10-9-7-4-2-1-3-6(7)5-8(9)13(11)12/h1-4,9-10H,5H2. The van der Waals surface area contributed by atoms with Crippen molar-refractivity contribution in [3.63, 3.8) is 0 Å². The summed E-state index contributed by atoms with van der Waals surface area (Å²) in [6, 6.07) is 7.21. The number of benzene rings is 1. The van der Waals surface area contributed by atoms with Gasteiger partial charge in [-0.1, -0.05) is 24.3 Å². The van der Waals surface area contributed by atoms with Crippen LogP contribution in [0, 0.1) is 0 Å². The van der Waals surface area contributed by atoms with Gasteiger partial charge in [0.1, 0.15) is 6.10 Å². The predicted octanol–water partition coefficient (Wildman–Crippen LogP) is 0.328. The first-order chi connectivity index (χ1) is 6.20. The fraction of sp³-hybridized carbons (Fsp3) is 0.222. The van der Waals surface area contributed by atoms with Crippen molar-refractivity contribution in [3.8, 4) is 0 Å². The zero-order valence-electron chi connectivity index (χ0n) is 6.77. The molecule has 0 aliphatic heterocycles. The van der Waals surface area contributed by atoms with Crippen LogP contribution in [0.4, 0.5) is 0 Å². The van der Waals surface area contributed by atoms with Crippen molar-refractivity contribution in [1.82, 2.24) is 0 Å². The van der Waals surface area contributed by atoms with Crippen molar-refractivity contribution in [3.05, 3.63) is 35.4 Å². The average Bonchev–Trinajstić information content (AvgIpc) is 2.45. The Hall–Kier alpha value is -1.13. The van der Waals surface area contributed by atoms with E-state index in [0.29, 0.717) is 12.0 Å². The Bertz CT molecular complexity index is 465. The number of aliphatic hydroxyl groups is 1. The second kappa shape index (κ2) is 2.97. The van der Waals surface area contributed by atoms with Crippen molar-refractivity contribution >= 4 is 15.2 Å². The summed E-state index contributed by atoms with van der Waals surface area (Å²) < 4.78 is 21.4. The van der Waals surface area contributed by atoms with Crippen LogP contribution in [0.3, 0.4) is 0 Å². The lowest BCUT2D eigenvalue weighted by Gasteiger charge is -2.00. The van der Waals surface area contributed by atoms with Crippen molar-refractivity contribution < 1.29 is 13.5 Å². The summed E-state index contributed by atoms with van der Waals surface area (Å²) >= 11 is 0.